The number of carbonyl (C=O) groups is 1. The lowest BCUT2D eigenvalue weighted by molar-refractivity contribution is 0.0949. The van der Waals surface area contributed by atoms with Gasteiger partial charge in [-0.25, -0.2) is 8.42 Å². The first-order chi connectivity index (χ1) is 12.2. The Bertz CT molecular complexity index is 875. The SMILES string of the molecule is COc1ccc(S(=O)(=O)Nc2cc(C(=O)NCC(C)C)ccc2C)cc1. The third kappa shape index (κ3) is 4.98. The number of carbonyl (C=O) groups excluding carboxylic acids is 1. The normalized spacial score (nSPS) is 11.3. The van der Waals surface area contributed by atoms with Crippen LogP contribution in [0.25, 0.3) is 0 Å². The third-order valence-corrected chi connectivity index (χ3v) is 5.17. The lowest BCUT2D eigenvalue weighted by Gasteiger charge is -2.13. The van der Waals surface area contributed by atoms with Crippen LogP contribution in [0.5, 0.6) is 5.75 Å². The zero-order valence-electron chi connectivity index (χ0n) is 15.4. The minimum Gasteiger partial charge on any atom is -0.497 e. The lowest BCUT2D eigenvalue weighted by atomic mass is 10.1. The monoisotopic (exact) mass is 376 g/mol. The van der Waals surface area contributed by atoms with Crippen molar-refractivity contribution in [3.63, 3.8) is 0 Å². The van der Waals surface area contributed by atoms with Gasteiger partial charge in [0.25, 0.3) is 15.9 Å². The number of aryl methyl sites for hydroxylation is 1. The molecule has 0 heterocycles. The van der Waals surface area contributed by atoms with Crippen LogP contribution >= 0.6 is 0 Å². The molecule has 6 nitrogen and oxygen atoms in total. The number of hydrogen-bond donors (Lipinski definition) is 2. The molecule has 2 N–H and O–H groups in total. The van der Waals surface area contributed by atoms with E-state index in [0.717, 1.165) is 5.56 Å². The number of methoxy groups -OCH3 is 1. The van der Waals surface area contributed by atoms with Crippen molar-refractivity contribution in [1.82, 2.24) is 5.32 Å². The first kappa shape index (κ1) is 19.8. The lowest BCUT2D eigenvalue weighted by Crippen LogP contribution is -2.27. The summed E-state index contributed by atoms with van der Waals surface area (Å²) in [6.07, 6.45) is 0. The maximum atomic E-state index is 12.6. The predicted octanol–water partition coefficient (Wildman–Crippen LogP) is 3.19. The van der Waals surface area contributed by atoms with Crippen LogP contribution in [0.1, 0.15) is 29.8 Å². The van der Waals surface area contributed by atoms with Gasteiger partial charge in [0.15, 0.2) is 0 Å². The summed E-state index contributed by atoms with van der Waals surface area (Å²) < 4.78 is 32.8. The average Bonchev–Trinajstić information content (AvgIpc) is 2.61. The number of benzene rings is 2. The van der Waals surface area contributed by atoms with E-state index < -0.39 is 10.0 Å². The van der Waals surface area contributed by atoms with Gasteiger partial charge >= 0.3 is 0 Å². The van der Waals surface area contributed by atoms with Crippen LogP contribution in [0, 0.1) is 12.8 Å². The number of sulfonamides is 1. The molecule has 1 amide bonds. The van der Waals surface area contributed by atoms with Crippen molar-refractivity contribution < 1.29 is 17.9 Å². The fourth-order valence-corrected chi connectivity index (χ4v) is 3.35. The van der Waals surface area contributed by atoms with Crippen molar-refractivity contribution in [3.05, 3.63) is 53.6 Å². The van der Waals surface area contributed by atoms with Crippen LogP contribution in [-0.2, 0) is 10.0 Å². The Kier molecular flexibility index (Phi) is 6.26. The van der Waals surface area contributed by atoms with Crippen molar-refractivity contribution >= 4 is 21.6 Å². The number of amides is 1. The van der Waals surface area contributed by atoms with Crippen LogP contribution in [0.4, 0.5) is 5.69 Å². The van der Waals surface area contributed by atoms with Crippen molar-refractivity contribution in [2.24, 2.45) is 5.92 Å². The highest BCUT2D eigenvalue weighted by atomic mass is 32.2. The molecule has 140 valence electrons. The molecule has 26 heavy (non-hydrogen) atoms. The van der Waals surface area contributed by atoms with Gasteiger partial charge in [0.2, 0.25) is 0 Å². The van der Waals surface area contributed by atoms with Gasteiger partial charge in [-0.15, -0.1) is 0 Å². The molecule has 0 radical (unpaired) electrons. The molecule has 0 spiro atoms. The molecule has 2 aromatic carbocycles. The second-order valence-electron chi connectivity index (χ2n) is 6.41. The maximum Gasteiger partial charge on any atom is 0.261 e. The molecule has 0 fully saturated rings. The topological polar surface area (TPSA) is 84.5 Å². The maximum absolute atomic E-state index is 12.6. The zero-order valence-corrected chi connectivity index (χ0v) is 16.2. The van der Waals surface area contributed by atoms with Crippen molar-refractivity contribution in [1.29, 1.82) is 0 Å². The molecule has 0 saturated carbocycles. The Morgan fingerprint density at radius 1 is 1.12 bits per heavy atom. The molecule has 0 saturated heterocycles. The van der Waals surface area contributed by atoms with Gasteiger partial charge in [-0.05, 0) is 54.8 Å². The Hall–Kier alpha value is -2.54. The highest BCUT2D eigenvalue weighted by Crippen LogP contribution is 2.22. The summed E-state index contributed by atoms with van der Waals surface area (Å²) in [5, 5.41) is 2.82. The Morgan fingerprint density at radius 2 is 1.77 bits per heavy atom. The van der Waals surface area contributed by atoms with Gasteiger partial charge in [0.05, 0.1) is 17.7 Å². The van der Waals surface area contributed by atoms with E-state index in [1.54, 1.807) is 37.3 Å². The molecule has 0 aliphatic carbocycles. The van der Waals surface area contributed by atoms with Crippen LogP contribution in [0.2, 0.25) is 0 Å². The molecule has 2 rings (SSSR count). The van der Waals surface area contributed by atoms with E-state index >= 15 is 0 Å². The summed E-state index contributed by atoms with van der Waals surface area (Å²) in [5.74, 6) is 0.671. The molecule has 0 aliphatic heterocycles. The van der Waals surface area contributed by atoms with E-state index in [1.165, 1.54) is 19.2 Å². The summed E-state index contributed by atoms with van der Waals surface area (Å²) in [6.45, 7) is 6.34. The second-order valence-corrected chi connectivity index (χ2v) is 8.10. The largest absolute Gasteiger partial charge is 0.497 e. The molecule has 0 aromatic heterocycles. The Labute approximate surface area is 154 Å². The van der Waals surface area contributed by atoms with Crippen molar-refractivity contribution in [2.45, 2.75) is 25.7 Å². The fraction of sp³-hybridized carbons (Fsp3) is 0.316. The highest BCUT2D eigenvalue weighted by molar-refractivity contribution is 7.92. The van der Waals surface area contributed by atoms with E-state index in [4.69, 9.17) is 4.74 Å². The summed E-state index contributed by atoms with van der Waals surface area (Å²) in [5.41, 5.74) is 1.50. The number of rotatable bonds is 7. The van der Waals surface area contributed by atoms with E-state index in [1.807, 2.05) is 13.8 Å². The van der Waals surface area contributed by atoms with Gasteiger partial charge in [-0.3, -0.25) is 9.52 Å². The molecule has 0 atom stereocenters. The van der Waals surface area contributed by atoms with E-state index in [9.17, 15) is 13.2 Å². The smallest absolute Gasteiger partial charge is 0.261 e. The van der Waals surface area contributed by atoms with Crippen molar-refractivity contribution in [3.8, 4) is 5.75 Å². The van der Waals surface area contributed by atoms with Crippen LogP contribution in [0.15, 0.2) is 47.4 Å². The van der Waals surface area contributed by atoms with Gasteiger partial charge in [-0.1, -0.05) is 19.9 Å². The van der Waals surface area contributed by atoms with Crippen LogP contribution in [0.3, 0.4) is 0 Å². The fourth-order valence-electron chi connectivity index (χ4n) is 2.23. The van der Waals surface area contributed by atoms with Gasteiger partial charge < -0.3 is 10.1 Å². The number of hydrogen-bond acceptors (Lipinski definition) is 4. The summed E-state index contributed by atoms with van der Waals surface area (Å²) in [4.78, 5) is 12.3. The number of ether oxygens (including phenoxy) is 1. The predicted molar refractivity (Wildman–Crippen MR) is 102 cm³/mol. The van der Waals surface area contributed by atoms with Crippen LogP contribution < -0.4 is 14.8 Å². The first-order valence-corrected chi connectivity index (χ1v) is 9.77. The second kappa shape index (κ2) is 8.23. The molecular weight excluding hydrogens is 352 g/mol. The van der Waals surface area contributed by atoms with E-state index in [-0.39, 0.29) is 10.8 Å². The minimum atomic E-state index is -3.77. The van der Waals surface area contributed by atoms with Gasteiger partial charge in [-0.2, -0.15) is 0 Å². The number of nitrogens with one attached hydrogen (secondary N) is 2. The Balaban J connectivity index is 2.24. The summed E-state index contributed by atoms with van der Waals surface area (Å²) in [6, 6.07) is 11.0. The van der Waals surface area contributed by atoms with Gasteiger partial charge in [0, 0.05) is 12.1 Å². The highest BCUT2D eigenvalue weighted by Gasteiger charge is 2.17. The standard InChI is InChI=1S/C19H24N2O4S/c1-13(2)12-20-19(22)15-6-5-14(3)18(11-15)21-26(23,24)17-9-7-16(25-4)8-10-17/h5-11,13,21H,12H2,1-4H3,(H,20,22). The van der Waals surface area contributed by atoms with E-state index in [0.29, 0.717) is 29.5 Å². The minimum absolute atomic E-state index is 0.118. The molecule has 0 aliphatic rings. The first-order valence-electron chi connectivity index (χ1n) is 8.28. The third-order valence-electron chi connectivity index (χ3n) is 3.78. The molecule has 0 bridgehead atoms. The Morgan fingerprint density at radius 3 is 2.35 bits per heavy atom. The van der Waals surface area contributed by atoms with E-state index in [2.05, 4.69) is 10.0 Å². The molecular formula is C19H24N2O4S. The summed E-state index contributed by atoms with van der Waals surface area (Å²) >= 11 is 0. The summed E-state index contributed by atoms with van der Waals surface area (Å²) in [7, 11) is -2.25. The quantitative estimate of drug-likeness (QED) is 0.777. The van der Waals surface area contributed by atoms with Crippen LogP contribution in [-0.4, -0.2) is 28.0 Å². The van der Waals surface area contributed by atoms with Gasteiger partial charge in [0.1, 0.15) is 5.75 Å². The molecule has 7 heteroatoms. The average molecular weight is 376 g/mol. The molecule has 2 aromatic rings. The molecule has 0 unspecified atom stereocenters. The van der Waals surface area contributed by atoms with Crippen molar-refractivity contribution in [2.75, 3.05) is 18.4 Å². The number of anilines is 1. The zero-order chi connectivity index (χ0) is 19.3.